The number of ether oxygens (including phenoxy) is 1. The van der Waals surface area contributed by atoms with Gasteiger partial charge in [0.15, 0.2) is 0 Å². The monoisotopic (exact) mass is 823 g/mol. The quantitative estimate of drug-likeness (QED) is 0.0354. The van der Waals surface area contributed by atoms with E-state index in [1.807, 2.05) is 0 Å². The Balaban J connectivity index is 4.27. The molecule has 0 saturated carbocycles. The number of aliphatic hydroxyl groups is 1. The van der Waals surface area contributed by atoms with Gasteiger partial charge in [-0.25, -0.2) is 4.79 Å². The van der Waals surface area contributed by atoms with Crippen molar-refractivity contribution in [1.82, 2.24) is 10.6 Å². The van der Waals surface area contributed by atoms with Crippen LogP contribution in [-0.4, -0.2) is 59.3 Å². The van der Waals surface area contributed by atoms with E-state index < -0.39 is 24.5 Å². The largest absolute Gasteiger partial charge is 0.480 e. The summed E-state index contributed by atoms with van der Waals surface area (Å²) in [7, 11) is 0. The molecule has 0 rings (SSSR count). The fourth-order valence-corrected chi connectivity index (χ4v) is 7.78. The van der Waals surface area contributed by atoms with Crippen LogP contribution in [0.1, 0.15) is 264 Å². The molecule has 0 bridgehead atoms. The van der Waals surface area contributed by atoms with Gasteiger partial charge in [0, 0.05) is 12.8 Å². The smallest absolute Gasteiger partial charge is 0.328 e. The highest BCUT2D eigenvalue weighted by molar-refractivity contribution is 5.87. The molecular weight excluding hydrogens is 729 g/mol. The third-order valence-electron chi connectivity index (χ3n) is 11.6. The van der Waals surface area contributed by atoms with Crippen LogP contribution in [0.5, 0.6) is 0 Å². The topological polar surface area (TPSA) is 142 Å². The minimum atomic E-state index is -1.38. The molecule has 0 aromatic carbocycles. The third-order valence-corrected chi connectivity index (χ3v) is 11.6. The van der Waals surface area contributed by atoms with E-state index in [1.165, 1.54) is 173 Å². The van der Waals surface area contributed by atoms with Gasteiger partial charge >= 0.3 is 11.9 Å². The number of aliphatic carboxylic acids is 1. The van der Waals surface area contributed by atoms with E-state index in [9.17, 15) is 19.2 Å². The average Bonchev–Trinajstić information content (AvgIpc) is 3.21. The summed E-state index contributed by atoms with van der Waals surface area (Å²) >= 11 is 0. The second-order valence-corrected chi connectivity index (χ2v) is 17.3. The van der Waals surface area contributed by atoms with Crippen molar-refractivity contribution in [1.29, 1.82) is 0 Å². The third kappa shape index (κ3) is 40.6. The number of hydrogen-bond donors (Lipinski definition) is 4. The Morgan fingerprint density at radius 2 is 0.776 bits per heavy atom. The zero-order valence-corrected chi connectivity index (χ0v) is 38.1. The summed E-state index contributed by atoms with van der Waals surface area (Å²) in [5.41, 5.74) is 0. The number of nitrogens with one attached hydrogen (secondary N) is 2. The molecule has 9 heteroatoms. The number of carbonyl (C=O) groups is 4. The minimum Gasteiger partial charge on any atom is -0.480 e. The number of esters is 1. The van der Waals surface area contributed by atoms with Crippen molar-refractivity contribution in [2.45, 2.75) is 276 Å². The zero-order chi connectivity index (χ0) is 42.6. The van der Waals surface area contributed by atoms with Crippen LogP contribution in [0.25, 0.3) is 0 Å². The lowest BCUT2D eigenvalue weighted by Gasteiger charge is -2.18. The molecule has 342 valence electrons. The van der Waals surface area contributed by atoms with Crippen LogP contribution in [0.4, 0.5) is 0 Å². The summed E-state index contributed by atoms with van der Waals surface area (Å²) in [6, 6.07) is -1.38. The van der Waals surface area contributed by atoms with Gasteiger partial charge in [-0.05, 0) is 38.5 Å². The molecule has 0 spiro atoms. The first-order valence-electron chi connectivity index (χ1n) is 24.9. The molecule has 58 heavy (non-hydrogen) atoms. The molecule has 2 unspecified atom stereocenters. The van der Waals surface area contributed by atoms with Gasteiger partial charge in [-0.15, -0.1) is 0 Å². The fourth-order valence-electron chi connectivity index (χ4n) is 7.78. The Morgan fingerprint density at radius 1 is 0.448 bits per heavy atom. The predicted octanol–water partition coefficient (Wildman–Crippen LogP) is 12.8. The molecule has 0 aliphatic heterocycles. The Bertz CT molecular complexity index is 946. The maximum Gasteiger partial charge on any atom is 0.328 e. The minimum absolute atomic E-state index is 0.00528. The van der Waals surface area contributed by atoms with Gasteiger partial charge < -0.3 is 25.6 Å². The zero-order valence-electron chi connectivity index (χ0n) is 38.1. The van der Waals surface area contributed by atoms with Crippen LogP contribution in [0.2, 0.25) is 0 Å². The molecular formula is C49H94N2O7. The SMILES string of the molecule is CCCCCCCCCCCCCCCCCC(=O)OC(CCCCCCCCCCCCCCCCC)CCCCCCCC(=O)NCC(=O)NC(CO)C(=O)O. The predicted molar refractivity (Wildman–Crippen MR) is 241 cm³/mol. The molecule has 2 atom stereocenters. The Hall–Kier alpha value is -2.16. The maximum absolute atomic E-state index is 12.9. The first kappa shape index (κ1) is 55.8. The van der Waals surface area contributed by atoms with E-state index in [1.54, 1.807) is 0 Å². The molecule has 0 aromatic heterocycles. The van der Waals surface area contributed by atoms with Gasteiger partial charge in [0.05, 0.1) is 13.2 Å². The lowest BCUT2D eigenvalue weighted by Crippen LogP contribution is -2.47. The van der Waals surface area contributed by atoms with E-state index in [0.717, 1.165) is 57.8 Å². The summed E-state index contributed by atoms with van der Waals surface area (Å²) in [4.78, 5) is 47.7. The second-order valence-electron chi connectivity index (χ2n) is 17.3. The van der Waals surface area contributed by atoms with Gasteiger partial charge in [-0.3, -0.25) is 14.4 Å². The van der Waals surface area contributed by atoms with Crippen LogP contribution in [0.15, 0.2) is 0 Å². The van der Waals surface area contributed by atoms with Crippen LogP contribution < -0.4 is 10.6 Å². The second kappa shape index (κ2) is 44.4. The number of aliphatic hydroxyl groups excluding tert-OH is 1. The van der Waals surface area contributed by atoms with Crippen molar-refractivity contribution in [3.8, 4) is 0 Å². The maximum atomic E-state index is 12.9. The van der Waals surface area contributed by atoms with Crippen molar-refractivity contribution >= 4 is 23.8 Å². The van der Waals surface area contributed by atoms with Crippen molar-refractivity contribution in [2.75, 3.05) is 13.2 Å². The van der Waals surface area contributed by atoms with Gasteiger partial charge in [0.1, 0.15) is 12.1 Å². The van der Waals surface area contributed by atoms with Crippen molar-refractivity contribution in [3.63, 3.8) is 0 Å². The Labute approximate surface area is 357 Å². The molecule has 0 heterocycles. The molecule has 2 amide bonds. The van der Waals surface area contributed by atoms with E-state index >= 15 is 0 Å². The number of amides is 2. The Morgan fingerprint density at radius 3 is 1.12 bits per heavy atom. The summed E-state index contributed by atoms with van der Waals surface area (Å²) < 4.78 is 6.07. The number of carboxylic acids is 1. The van der Waals surface area contributed by atoms with E-state index in [2.05, 4.69) is 24.5 Å². The summed E-state index contributed by atoms with van der Waals surface area (Å²) in [5, 5.41) is 22.6. The summed E-state index contributed by atoms with van der Waals surface area (Å²) in [5.74, 6) is -2.26. The van der Waals surface area contributed by atoms with Crippen LogP contribution in [0.3, 0.4) is 0 Å². The van der Waals surface area contributed by atoms with Gasteiger partial charge in [0.25, 0.3) is 0 Å². The molecule has 0 fully saturated rings. The van der Waals surface area contributed by atoms with Gasteiger partial charge in [-0.2, -0.15) is 0 Å². The molecule has 9 nitrogen and oxygen atoms in total. The average molecular weight is 823 g/mol. The highest BCUT2D eigenvalue weighted by Gasteiger charge is 2.19. The van der Waals surface area contributed by atoms with E-state index in [-0.39, 0.29) is 24.5 Å². The normalized spacial score (nSPS) is 12.3. The number of unbranched alkanes of at least 4 members (excludes halogenated alkanes) is 32. The molecule has 0 saturated heterocycles. The molecule has 0 aromatic rings. The highest BCUT2D eigenvalue weighted by Crippen LogP contribution is 2.20. The summed E-state index contributed by atoms with van der Waals surface area (Å²) in [6.45, 7) is 3.52. The number of carboxylic acid groups (broad SMARTS) is 1. The van der Waals surface area contributed by atoms with E-state index in [4.69, 9.17) is 14.9 Å². The number of rotatable bonds is 46. The van der Waals surface area contributed by atoms with Crippen LogP contribution >= 0.6 is 0 Å². The van der Waals surface area contributed by atoms with Crippen molar-refractivity contribution in [2.24, 2.45) is 0 Å². The molecule has 4 N–H and O–H groups in total. The molecule has 0 aliphatic carbocycles. The lowest BCUT2D eigenvalue weighted by molar-refractivity contribution is -0.150. The van der Waals surface area contributed by atoms with Crippen LogP contribution in [-0.2, 0) is 23.9 Å². The first-order valence-corrected chi connectivity index (χ1v) is 24.9. The van der Waals surface area contributed by atoms with Crippen molar-refractivity contribution < 1.29 is 34.1 Å². The first-order chi connectivity index (χ1) is 28.3. The molecule has 0 radical (unpaired) electrons. The highest BCUT2D eigenvalue weighted by atomic mass is 16.5. The summed E-state index contributed by atoms with van der Waals surface area (Å²) in [6.07, 6.45) is 47.0. The number of hydrogen-bond acceptors (Lipinski definition) is 6. The number of carbonyl (C=O) groups excluding carboxylic acids is 3. The van der Waals surface area contributed by atoms with Gasteiger partial charge in [-0.1, -0.05) is 213 Å². The lowest BCUT2D eigenvalue weighted by atomic mass is 10.0. The molecule has 0 aliphatic rings. The van der Waals surface area contributed by atoms with Gasteiger partial charge in [0.2, 0.25) is 11.8 Å². The van der Waals surface area contributed by atoms with Crippen molar-refractivity contribution in [3.05, 3.63) is 0 Å². The fraction of sp³-hybridized carbons (Fsp3) is 0.918. The van der Waals surface area contributed by atoms with Crippen LogP contribution in [0, 0.1) is 0 Å². The standard InChI is InChI=1S/C49H94N2O7/c1-3-5-7-9-11-13-15-17-19-21-23-25-27-30-34-38-44(39-35-31-29-32-36-40-46(53)50-42-47(54)51-45(43-52)49(56)57)58-48(55)41-37-33-28-26-24-22-20-18-16-14-12-10-8-6-4-2/h44-45,52H,3-43H2,1-2H3,(H,50,53)(H,51,54)(H,56,57). The Kier molecular flexibility index (Phi) is 42.7. The van der Waals surface area contributed by atoms with E-state index in [0.29, 0.717) is 19.3 Å².